The molecule has 0 heterocycles. The van der Waals surface area contributed by atoms with Gasteiger partial charge in [-0.1, -0.05) is 40.2 Å². The van der Waals surface area contributed by atoms with Gasteiger partial charge in [0.25, 0.3) is 0 Å². The predicted molar refractivity (Wildman–Crippen MR) is 77.0 cm³/mol. The lowest BCUT2D eigenvalue weighted by molar-refractivity contribution is 0.214. The molecule has 1 atom stereocenters. The van der Waals surface area contributed by atoms with Crippen LogP contribution in [0.4, 0.5) is 4.39 Å². The maximum absolute atomic E-state index is 13.9. The van der Waals surface area contributed by atoms with Crippen molar-refractivity contribution >= 4 is 31.9 Å². The molecule has 0 saturated heterocycles. The maximum Gasteiger partial charge on any atom is 0.143 e. The third-order valence-electron chi connectivity index (χ3n) is 2.79. The van der Waals surface area contributed by atoms with Gasteiger partial charge in [-0.15, -0.1) is 0 Å². The molecule has 0 aliphatic rings. The zero-order chi connectivity index (χ0) is 13.3. The Morgan fingerprint density at radius 2 is 1.83 bits per heavy atom. The highest BCUT2D eigenvalue weighted by Crippen LogP contribution is 2.30. The number of aryl methyl sites for hydroxylation is 1. The molecule has 0 aliphatic heterocycles. The standard InChI is InChI=1S/C14H11Br2FO/c1-8-5-6-9(7-12(8)16)14(18)10-3-2-4-11(15)13(10)17/h2-7,14,18H,1H3. The van der Waals surface area contributed by atoms with Gasteiger partial charge in [-0.05, 0) is 46.1 Å². The fourth-order valence-corrected chi connectivity index (χ4v) is 2.47. The van der Waals surface area contributed by atoms with E-state index in [1.807, 2.05) is 13.0 Å². The zero-order valence-corrected chi connectivity index (χ0v) is 12.8. The molecule has 0 saturated carbocycles. The Bertz CT molecular complexity index is 584. The number of hydrogen-bond donors (Lipinski definition) is 1. The first kappa shape index (κ1) is 13.7. The Labute approximate surface area is 122 Å². The van der Waals surface area contributed by atoms with Gasteiger partial charge in [0.1, 0.15) is 11.9 Å². The van der Waals surface area contributed by atoms with Crippen LogP contribution in [0.3, 0.4) is 0 Å². The van der Waals surface area contributed by atoms with Gasteiger partial charge in [-0.3, -0.25) is 0 Å². The average Bonchev–Trinajstić information content (AvgIpc) is 2.35. The molecule has 1 N–H and O–H groups in total. The van der Waals surface area contributed by atoms with Crippen LogP contribution in [0.2, 0.25) is 0 Å². The van der Waals surface area contributed by atoms with E-state index in [9.17, 15) is 9.50 Å². The summed E-state index contributed by atoms with van der Waals surface area (Å²) in [5.74, 6) is -0.429. The Hall–Kier alpha value is -0.710. The van der Waals surface area contributed by atoms with Crippen molar-refractivity contribution in [1.29, 1.82) is 0 Å². The van der Waals surface area contributed by atoms with E-state index in [4.69, 9.17) is 0 Å². The van der Waals surface area contributed by atoms with Gasteiger partial charge in [0.15, 0.2) is 0 Å². The molecule has 18 heavy (non-hydrogen) atoms. The number of rotatable bonds is 2. The molecule has 0 fully saturated rings. The summed E-state index contributed by atoms with van der Waals surface area (Å²) in [5.41, 5.74) is 1.99. The van der Waals surface area contributed by atoms with Gasteiger partial charge in [-0.25, -0.2) is 4.39 Å². The normalized spacial score (nSPS) is 12.5. The number of aliphatic hydroxyl groups excluding tert-OH is 1. The van der Waals surface area contributed by atoms with Crippen LogP contribution in [0, 0.1) is 12.7 Å². The summed E-state index contributed by atoms with van der Waals surface area (Å²) in [7, 11) is 0. The van der Waals surface area contributed by atoms with Crippen LogP contribution >= 0.6 is 31.9 Å². The molecule has 0 spiro atoms. The molecular weight excluding hydrogens is 363 g/mol. The van der Waals surface area contributed by atoms with Crippen molar-refractivity contribution < 1.29 is 9.50 Å². The molecule has 0 radical (unpaired) electrons. The first-order chi connectivity index (χ1) is 8.50. The van der Waals surface area contributed by atoms with Gasteiger partial charge < -0.3 is 5.11 Å². The SMILES string of the molecule is Cc1ccc(C(O)c2cccc(Br)c2F)cc1Br. The van der Waals surface area contributed by atoms with E-state index in [2.05, 4.69) is 31.9 Å². The van der Waals surface area contributed by atoms with Gasteiger partial charge in [0.05, 0.1) is 4.47 Å². The smallest absolute Gasteiger partial charge is 0.143 e. The Morgan fingerprint density at radius 1 is 1.11 bits per heavy atom. The first-order valence-electron chi connectivity index (χ1n) is 5.38. The minimum absolute atomic E-state index is 0.264. The van der Waals surface area contributed by atoms with Crippen LogP contribution in [0.5, 0.6) is 0 Å². The summed E-state index contributed by atoms with van der Waals surface area (Å²) in [6, 6.07) is 10.4. The van der Waals surface area contributed by atoms with Gasteiger partial charge in [0.2, 0.25) is 0 Å². The highest BCUT2D eigenvalue weighted by molar-refractivity contribution is 9.10. The Morgan fingerprint density at radius 3 is 2.50 bits per heavy atom. The van der Waals surface area contributed by atoms with Crippen molar-refractivity contribution in [3.63, 3.8) is 0 Å². The summed E-state index contributed by atoms with van der Waals surface area (Å²) in [4.78, 5) is 0. The fourth-order valence-electron chi connectivity index (χ4n) is 1.69. The predicted octanol–water partition coefficient (Wildman–Crippen LogP) is 4.74. The van der Waals surface area contributed by atoms with E-state index in [0.717, 1.165) is 10.0 Å². The summed E-state index contributed by atoms with van der Waals surface area (Å²) in [6.45, 7) is 1.96. The molecular formula is C14H11Br2FO. The number of hydrogen-bond acceptors (Lipinski definition) is 1. The topological polar surface area (TPSA) is 20.2 Å². The van der Waals surface area contributed by atoms with Crippen molar-refractivity contribution in [3.8, 4) is 0 Å². The molecule has 2 aromatic rings. The lowest BCUT2D eigenvalue weighted by atomic mass is 10.0. The van der Waals surface area contributed by atoms with Crippen molar-refractivity contribution in [3.05, 3.63) is 67.9 Å². The minimum atomic E-state index is -0.973. The van der Waals surface area contributed by atoms with Crippen molar-refractivity contribution in [2.75, 3.05) is 0 Å². The third-order valence-corrected chi connectivity index (χ3v) is 4.25. The average molecular weight is 374 g/mol. The van der Waals surface area contributed by atoms with Crippen molar-refractivity contribution in [1.82, 2.24) is 0 Å². The molecule has 0 aromatic heterocycles. The number of benzene rings is 2. The summed E-state index contributed by atoms with van der Waals surface area (Å²) >= 11 is 6.52. The maximum atomic E-state index is 13.9. The van der Waals surface area contributed by atoms with Crippen LogP contribution in [0.15, 0.2) is 45.3 Å². The molecule has 1 unspecified atom stereocenters. The van der Waals surface area contributed by atoms with E-state index in [1.165, 1.54) is 0 Å². The highest BCUT2D eigenvalue weighted by atomic mass is 79.9. The zero-order valence-electron chi connectivity index (χ0n) is 9.62. The van der Waals surface area contributed by atoms with Gasteiger partial charge in [-0.2, -0.15) is 0 Å². The van der Waals surface area contributed by atoms with Crippen LogP contribution < -0.4 is 0 Å². The largest absolute Gasteiger partial charge is 0.384 e. The quantitative estimate of drug-likeness (QED) is 0.805. The van der Waals surface area contributed by atoms with Gasteiger partial charge >= 0.3 is 0 Å². The first-order valence-corrected chi connectivity index (χ1v) is 6.97. The van der Waals surface area contributed by atoms with Crippen LogP contribution in [0.25, 0.3) is 0 Å². The summed E-state index contributed by atoms with van der Waals surface area (Å²) in [5, 5.41) is 10.2. The molecule has 2 rings (SSSR count). The third kappa shape index (κ3) is 2.66. The monoisotopic (exact) mass is 372 g/mol. The van der Waals surface area contributed by atoms with Crippen molar-refractivity contribution in [2.45, 2.75) is 13.0 Å². The molecule has 2 aromatic carbocycles. The second-order valence-electron chi connectivity index (χ2n) is 4.05. The lowest BCUT2D eigenvalue weighted by Crippen LogP contribution is -2.03. The Kier molecular flexibility index (Phi) is 4.20. The number of halogens is 3. The molecule has 0 bridgehead atoms. The molecule has 4 heteroatoms. The van der Waals surface area contributed by atoms with Crippen molar-refractivity contribution in [2.24, 2.45) is 0 Å². The van der Waals surface area contributed by atoms with E-state index in [1.54, 1.807) is 30.3 Å². The fraction of sp³-hybridized carbons (Fsp3) is 0.143. The second kappa shape index (κ2) is 5.51. The second-order valence-corrected chi connectivity index (χ2v) is 5.76. The molecule has 1 nitrogen and oxygen atoms in total. The Balaban J connectivity index is 2.44. The molecule has 0 amide bonds. The highest BCUT2D eigenvalue weighted by Gasteiger charge is 2.17. The summed E-state index contributed by atoms with van der Waals surface area (Å²) in [6.07, 6.45) is -0.973. The van der Waals surface area contributed by atoms with E-state index >= 15 is 0 Å². The molecule has 0 aliphatic carbocycles. The van der Waals surface area contributed by atoms with Crippen LogP contribution in [-0.4, -0.2) is 5.11 Å². The number of aliphatic hydroxyl groups is 1. The molecule has 94 valence electrons. The summed E-state index contributed by atoms with van der Waals surface area (Å²) < 4.78 is 15.1. The van der Waals surface area contributed by atoms with E-state index < -0.39 is 11.9 Å². The van der Waals surface area contributed by atoms with E-state index in [-0.39, 0.29) is 5.56 Å². The van der Waals surface area contributed by atoms with E-state index in [0.29, 0.717) is 10.0 Å². The lowest BCUT2D eigenvalue weighted by Gasteiger charge is -2.14. The van der Waals surface area contributed by atoms with Crippen LogP contribution in [-0.2, 0) is 0 Å². The van der Waals surface area contributed by atoms with Gasteiger partial charge in [0, 0.05) is 10.0 Å². The van der Waals surface area contributed by atoms with Crippen LogP contribution in [0.1, 0.15) is 22.8 Å². The minimum Gasteiger partial charge on any atom is -0.384 e.